The Hall–Kier alpha value is -2.09. The maximum absolute atomic E-state index is 13.4. The molecule has 0 aliphatic carbocycles. The van der Waals surface area contributed by atoms with Crippen LogP contribution in [0.2, 0.25) is 5.32 Å². The zero-order valence-corrected chi connectivity index (χ0v) is 17.0. The summed E-state index contributed by atoms with van der Waals surface area (Å²) in [6, 6.07) is 21.8. The molecule has 0 aliphatic rings. The van der Waals surface area contributed by atoms with Crippen molar-refractivity contribution in [2.45, 2.75) is 25.1 Å². The molecule has 0 amide bonds. The molecule has 0 radical (unpaired) electrons. The number of benzene rings is 3. The van der Waals surface area contributed by atoms with E-state index in [2.05, 4.69) is 56.3 Å². The van der Waals surface area contributed by atoms with Gasteiger partial charge in [-0.15, -0.1) is 0 Å². The van der Waals surface area contributed by atoms with E-state index in [4.69, 9.17) is 4.74 Å². The number of hydrogen-bond donors (Lipinski definition) is 0. The SMILES string of the molecule is COc1cc(C)c(C(C[Se]c2ccccc2)c2ccc(F)cc2)c(C)c1. The van der Waals surface area contributed by atoms with Gasteiger partial charge in [0.2, 0.25) is 0 Å². The van der Waals surface area contributed by atoms with E-state index in [0.29, 0.717) is 15.0 Å². The first-order valence-electron chi connectivity index (χ1n) is 8.67. The molecular formula is C23H23FOSe. The molecule has 0 saturated heterocycles. The van der Waals surface area contributed by atoms with Crippen molar-refractivity contribution in [2.75, 3.05) is 7.11 Å². The molecule has 1 nitrogen and oxygen atoms in total. The van der Waals surface area contributed by atoms with Gasteiger partial charge in [-0.3, -0.25) is 0 Å². The summed E-state index contributed by atoms with van der Waals surface area (Å²) in [7, 11) is 1.70. The second kappa shape index (κ2) is 8.53. The number of hydrogen-bond acceptors (Lipinski definition) is 1. The van der Waals surface area contributed by atoms with Crippen molar-refractivity contribution in [3.63, 3.8) is 0 Å². The van der Waals surface area contributed by atoms with Crippen LogP contribution < -0.4 is 9.20 Å². The molecule has 0 fully saturated rings. The molecule has 0 spiro atoms. The molecule has 0 N–H and O–H groups in total. The molecule has 3 aromatic rings. The zero-order valence-electron chi connectivity index (χ0n) is 15.3. The Kier molecular flexibility index (Phi) is 6.13. The molecule has 0 bridgehead atoms. The van der Waals surface area contributed by atoms with Crippen LogP contribution in [-0.4, -0.2) is 22.1 Å². The van der Waals surface area contributed by atoms with Crippen LogP contribution in [0.3, 0.4) is 0 Å². The summed E-state index contributed by atoms with van der Waals surface area (Å²) in [6.07, 6.45) is 0. The van der Waals surface area contributed by atoms with E-state index < -0.39 is 0 Å². The summed E-state index contributed by atoms with van der Waals surface area (Å²) in [4.78, 5) is 0. The normalized spacial score (nSPS) is 12.0. The molecule has 1 unspecified atom stereocenters. The molecule has 0 aliphatic heterocycles. The van der Waals surface area contributed by atoms with Crippen LogP contribution in [0.1, 0.15) is 28.2 Å². The van der Waals surface area contributed by atoms with Crippen molar-refractivity contribution in [1.82, 2.24) is 0 Å². The van der Waals surface area contributed by atoms with Crippen LogP contribution in [-0.2, 0) is 0 Å². The fourth-order valence-electron chi connectivity index (χ4n) is 3.34. The monoisotopic (exact) mass is 414 g/mol. The molecule has 0 heterocycles. The molecule has 1 atom stereocenters. The Balaban J connectivity index is 1.99. The van der Waals surface area contributed by atoms with Crippen LogP contribution in [0.5, 0.6) is 5.75 Å². The quantitative estimate of drug-likeness (QED) is 0.515. The van der Waals surface area contributed by atoms with Gasteiger partial charge in [0.15, 0.2) is 0 Å². The van der Waals surface area contributed by atoms with Gasteiger partial charge in [0.05, 0.1) is 0 Å². The third-order valence-electron chi connectivity index (χ3n) is 4.58. The molecule has 3 heteroatoms. The molecule has 3 rings (SSSR count). The van der Waals surface area contributed by atoms with Crippen LogP contribution in [0.15, 0.2) is 66.7 Å². The fraction of sp³-hybridized carbons (Fsp3) is 0.217. The molecular weight excluding hydrogens is 390 g/mol. The van der Waals surface area contributed by atoms with Gasteiger partial charge in [0, 0.05) is 0 Å². The van der Waals surface area contributed by atoms with Crippen molar-refractivity contribution in [3.8, 4) is 5.75 Å². The second-order valence-corrected chi connectivity index (χ2v) is 8.70. The summed E-state index contributed by atoms with van der Waals surface area (Å²) >= 11 is 0.346. The second-order valence-electron chi connectivity index (χ2n) is 6.40. The standard InChI is InChI=1S/C23H23FOSe/c1-16-13-20(25-3)14-17(2)23(16)22(18-9-11-19(24)12-10-18)15-26-21-7-5-4-6-8-21/h4-14,22H,15H2,1-3H3. The molecule has 0 saturated carbocycles. The van der Waals surface area contributed by atoms with E-state index in [1.165, 1.54) is 26.7 Å². The topological polar surface area (TPSA) is 9.23 Å². The van der Waals surface area contributed by atoms with Gasteiger partial charge in [0.25, 0.3) is 0 Å². The zero-order chi connectivity index (χ0) is 18.5. The Morgan fingerprint density at radius 2 is 1.54 bits per heavy atom. The summed E-state index contributed by atoms with van der Waals surface area (Å²) in [5.41, 5.74) is 4.94. The van der Waals surface area contributed by atoms with Gasteiger partial charge in [-0.25, -0.2) is 0 Å². The third-order valence-corrected chi connectivity index (χ3v) is 6.90. The van der Waals surface area contributed by atoms with Gasteiger partial charge in [-0.05, 0) is 0 Å². The van der Waals surface area contributed by atoms with Crippen molar-refractivity contribution in [1.29, 1.82) is 0 Å². The third kappa shape index (κ3) is 4.35. The first-order chi connectivity index (χ1) is 12.6. The first kappa shape index (κ1) is 18.7. The average Bonchev–Trinajstić information content (AvgIpc) is 2.65. The fourth-order valence-corrected chi connectivity index (χ4v) is 5.58. The number of ether oxygens (including phenoxy) is 1. The maximum atomic E-state index is 13.4. The van der Waals surface area contributed by atoms with Crippen molar-refractivity contribution < 1.29 is 9.13 Å². The predicted octanol–water partition coefficient (Wildman–Crippen LogP) is 5.03. The molecule has 3 aromatic carbocycles. The first-order valence-corrected chi connectivity index (χ1v) is 10.7. The van der Waals surface area contributed by atoms with E-state index in [-0.39, 0.29) is 11.7 Å². The van der Waals surface area contributed by atoms with E-state index >= 15 is 0 Å². The summed E-state index contributed by atoms with van der Waals surface area (Å²) < 4.78 is 20.2. The van der Waals surface area contributed by atoms with Gasteiger partial charge in [0.1, 0.15) is 0 Å². The Bertz CT molecular complexity index is 836. The Morgan fingerprint density at radius 3 is 2.12 bits per heavy atom. The van der Waals surface area contributed by atoms with Crippen LogP contribution in [0.4, 0.5) is 4.39 Å². The predicted molar refractivity (Wildman–Crippen MR) is 107 cm³/mol. The molecule has 0 aromatic heterocycles. The minimum absolute atomic E-state index is 0.191. The van der Waals surface area contributed by atoms with Gasteiger partial charge in [-0.2, -0.15) is 0 Å². The van der Waals surface area contributed by atoms with Crippen LogP contribution in [0, 0.1) is 19.7 Å². The summed E-state index contributed by atoms with van der Waals surface area (Å²) in [5.74, 6) is 0.945. The number of rotatable bonds is 6. The van der Waals surface area contributed by atoms with Gasteiger partial charge >= 0.3 is 161 Å². The summed E-state index contributed by atoms with van der Waals surface area (Å²) in [5, 5.41) is 1.04. The van der Waals surface area contributed by atoms with Crippen molar-refractivity contribution in [3.05, 3.63) is 94.8 Å². The van der Waals surface area contributed by atoms with E-state index in [9.17, 15) is 4.39 Å². The molecule has 26 heavy (non-hydrogen) atoms. The Morgan fingerprint density at radius 1 is 0.923 bits per heavy atom. The minimum atomic E-state index is -0.191. The van der Waals surface area contributed by atoms with E-state index in [1.54, 1.807) is 19.2 Å². The van der Waals surface area contributed by atoms with Crippen molar-refractivity contribution >= 4 is 19.4 Å². The Labute approximate surface area is 161 Å². The number of halogens is 1. The van der Waals surface area contributed by atoms with Gasteiger partial charge in [-0.1, -0.05) is 0 Å². The average molecular weight is 413 g/mol. The molecule has 134 valence electrons. The van der Waals surface area contributed by atoms with Crippen molar-refractivity contribution in [2.24, 2.45) is 0 Å². The number of aryl methyl sites for hydroxylation is 2. The number of methoxy groups -OCH3 is 1. The van der Waals surface area contributed by atoms with E-state index in [0.717, 1.165) is 11.1 Å². The summed E-state index contributed by atoms with van der Waals surface area (Å²) in [6.45, 7) is 4.27. The van der Waals surface area contributed by atoms with Crippen LogP contribution in [0.25, 0.3) is 0 Å². The van der Waals surface area contributed by atoms with Crippen LogP contribution >= 0.6 is 0 Å². The van der Waals surface area contributed by atoms with Gasteiger partial charge < -0.3 is 0 Å². The van der Waals surface area contributed by atoms with E-state index in [1.807, 2.05) is 12.1 Å².